The first-order chi connectivity index (χ1) is 19.2. The molecular formula is C32H48FN3O4. The van der Waals surface area contributed by atoms with Crippen LogP contribution in [-0.4, -0.2) is 62.5 Å². The van der Waals surface area contributed by atoms with Crippen LogP contribution in [0.25, 0.3) is 0 Å². The highest BCUT2D eigenvalue weighted by molar-refractivity contribution is 5.74. The number of ether oxygens (including phenoxy) is 2. The molecule has 2 aromatic rings. The Morgan fingerprint density at radius 3 is 2.67 bits per heavy atom. The molecule has 3 N–H and O–H groups in total. The Labute approximate surface area is 239 Å². The monoisotopic (exact) mass is 557 g/mol. The molecule has 222 valence electrons. The third-order valence-corrected chi connectivity index (χ3v) is 7.78. The lowest BCUT2D eigenvalue weighted by Gasteiger charge is -2.43. The molecule has 0 bridgehead atoms. The number of para-hydroxylation sites is 1. The molecule has 0 radical (unpaired) electrons. The molecule has 1 aliphatic heterocycles. The number of unbranched alkanes of at least 4 members (excludes halogenated alkanes) is 1. The Bertz CT molecular complexity index is 1080. The van der Waals surface area contributed by atoms with E-state index in [2.05, 4.69) is 24.5 Å². The predicted molar refractivity (Wildman–Crippen MR) is 157 cm³/mol. The summed E-state index contributed by atoms with van der Waals surface area (Å²) in [6.45, 7) is 8.54. The molecule has 3 atom stereocenters. The van der Waals surface area contributed by atoms with Crippen molar-refractivity contribution in [3.8, 4) is 11.5 Å². The number of amides is 2. The maximum absolute atomic E-state index is 13.7. The van der Waals surface area contributed by atoms with Crippen molar-refractivity contribution in [1.82, 2.24) is 15.5 Å². The largest absolute Gasteiger partial charge is 0.457 e. The van der Waals surface area contributed by atoms with Gasteiger partial charge in [0.2, 0.25) is 0 Å². The first-order valence-corrected chi connectivity index (χ1v) is 14.6. The third kappa shape index (κ3) is 8.66. The summed E-state index contributed by atoms with van der Waals surface area (Å²) in [4.78, 5) is 15.2. The fourth-order valence-electron chi connectivity index (χ4n) is 5.78. The summed E-state index contributed by atoms with van der Waals surface area (Å²) in [7, 11) is 3.58. The molecule has 40 heavy (non-hydrogen) atoms. The van der Waals surface area contributed by atoms with Gasteiger partial charge >= 0.3 is 6.03 Å². The van der Waals surface area contributed by atoms with Crippen LogP contribution in [0.5, 0.6) is 11.5 Å². The molecule has 1 aliphatic rings. The van der Waals surface area contributed by atoms with Gasteiger partial charge in [-0.2, -0.15) is 0 Å². The van der Waals surface area contributed by atoms with E-state index in [9.17, 15) is 14.3 Å². The SMILES string of the molecule is CNCC(CC(C)C)NC(=O)N1CCCC(C(O)(CCCCOC)c2ccccc2Oc2ccc(F)cc2C)C1. The number of urea groups is 1. The van der Waals surface area contributed by atoms with Gasteiger partial charge in [0, 0.05) is 50.9 Å². The fourth-order valence-corrected chi connectivity index (χ4v) is 5.78. The van der Waals surface area contributed by atoms with Gasteiger partial charge in [0.05, 0.1) is 5.60 Å². The second-order valence-corrected chi connectivity index (χ2v) is 11.5. The second kappa shape index (κ2) is 15.4. The molecule has 0 aromatic heterocycles. The topological polar surface area (TPSA) is 83.1 Å². The first kappa shape index (κ1) is 31.8. The molecule has 3 rings (SSSR count). The minimum atomic E-state index is -1.22. The van der Waals surface area contributed by atoms with Gasteiger partial charge in [0.15, 0.2) is 0 Å². The van der Waals surface area contributed by atoms with Gasteiger partial charge in [0.25, 0.3) is 0 Å². The number of carbonyl (C=O) groups excluding carboxylic acids is 1. The quantitative estimate of drug-likeness (QED) is 0.249. The van der Waals surface area contributed by atoms with Crippen molar-refractivity contribution < 1.29 is 23.8 Å². The van der Waals surface area contributed by atoms with E-state index in [1.54, 1.807) is 20.1 Å². The number of hydrogen-bond acceptors (Lipinski definition) is 5. The molecule has 7 nitrogen and oxygen atoms in total. The van der Waals surface area contributed by atoms with Crippen LogP contribution in [0.2, 0.25) is 0 Å². The Kier molecular flexibility index (Phi) is 12.2. The van der Waals surface area contributed by atoms with Gasteiger partial charge in [0.1, 0.15) is 17.3 Å². The normalized spacial score (nSPS) is 17.9. The number of piperidine rings is 1. The number of halogens is 1. The van der Waals surface area contributed by atoms with Crippen LogP contribution in [0.3, 0.4) is 0 Å². The number of nitrogens with one attached hydrogen (secondary N) is 2. The van der Waals surface area contributed by atoms with E-state index in [4.69, 9.17) is 9.47 Å². The van der Waals surface area contributed by atoms with Crippen LogP contribution in [0.1, 0.15) is 63.5 Å². The van der Waals surface area contributed by atoms with Crippen molar-refractivity contribution in [2.45, 2.75) is 70.9 Å². The number of benzene rings is 2. The summed E-state index contributed by atoms with van der Waals surface area (Å²) in [5.74, 6) is 1.05. The van der Waals surface area contributed by atoms with E-state index in [0.29, 0.717) is 61.2 Å². The zero-order valence-corrected chi connectivity index (χ0v) is 24.8. The number of aryl methyl sites for hydroxylation is 1. The molecule has 8 heteroatoms. The number of aliphatic hydroxyl groups is 1. The lowest BCUT2D eigenvalue weighted by Crippen LogP contribution is -2.54. The van der Waals surface area contributed by atoms with E-state index < -0.39 is 5.60 Å². The fraction of sp³-hybridized carbons (Fsp3) is 0.594. The summed E-state index contributed by atoms with van der Waals surface area (Å²) in [6, 6.07) is 11.9. The summed E-state index contributed by atoms with van der Waals surface area (Å²) < 4.78 is 25.3. The minimum Gasteiger partial charge on any atom is -0.457 e. The van der Waals surface area contributed by atoms with E-state index in [1.165, 1.54) is 12.1 Å². The van der Waals surface area contributed by atoms with Crippen LogP contribution >= 0.6 is 0 Å². The van der Waals surface area contributed by atoms with Crippen molar-refractivity contribution in [2.24, 2.45) is 11.8 Å². The van der Waals surface area contributed by atoms with Gasteiger partial charge < -0.3 is 30.1 Å². The van der Waals surface area contributed by atoms with Crippen molar-refractivity contribution in [3.05, 3.63) is 59.4 Å². The molecular weight excluding hydrogens is 509 g/mol. The highest BCUT2D eigenvalue weighted by Gasteiger charge is 2.43. The Balaban J connectivity index is 1.88. The van der Waals surface area contributed by atoms with Crippen LogP contribution in [0.15, 0.2) is 42.5 Å². The van der Waals surface area contributed by atoms with Crippen molar-refractivity contribution in [1.29, 1.82) is 0 Å². The van der Waals surface area contributed by atoms with Gasteiger partial charge in [-0.25, -0.2) is 9.18 Å². The van der Waals surface area contributed by atoms with E-state index in [1.807, 2.05) is 36.2 Å². The highest BCUT2D eigenvalue weighted by Crippen LogP contribution is 2.44. The molecule has 1 saturated heterocycles. The first-order valence-electron chi connectivity index (χ1n) is 14.6. The number of likely N-dealkylation sites (N-methyl/N-ethyl adjacent to an activating group) is 1. The van der Waals surface area contributed by atoms with Gasteiger partial charge in [-0.15, -0.1) is 0 Å². The molecule has 0 aliphatic carbocycles. The van der Waals surface area contributed by atoms with E-state index >= 15 is 0 Å². The van der Waals surface area contributed by atoms with Crippen molar-refractivity contribution in [3.63, 3.8) is 0 Å². The maximum atomic E-state index is 13.7. The predicted octanol–water partition coefficient (Wildman–Crippen LogP) is 5.99. The second-order valence-electron chi connectivity index (χ2n) is 11.5. The molecule has 3 unspecified atom stereocenters. The summed E-state index contributed by atoms with van der Waals surface area (Å²) in [5, 5.41) is 18.9. The average molecular weight is 558 g/mol. The van der Waals surface area contributed by atoms with E-state index in [-0.39, 0.29) is 23.8 Å². The molecule has 1 heterocycles. The summed E-state index contributed by atoms with van der Waals surface area (Å²) in [5.41, 5.74) is 0.146. The third-order valence-electron chi connectivity index (χ3n) is 7.78. The van der Waals surface area contributed by atoms with E-state index in [0.717, 1.165) is 32.1 Å². The number of nitrogens with zero attached hydrogens (tertiary/aromatic N) is 1. The zero-order valence-electron chi connectivity index (χ0n) is 24.8. The van der Waals surface area contributed by atoms with Gasteiger partial charge in [-0.05, 0) is 88.2 Å². The Hall–Kier alpha value is -2.68. The molecule has 1 fully saturated rings. The van der Waals surface area contributed by atoms with Crippen LogP contribution < -0.4 is 15.4 Å². The lowest BCUT2D eigenvalue weighted by atomic mass is 9.73. The summed E-state index contributed by atoms with van der Waals surface area (Å²) >= 11 is 0. The van der Waals surface area contributed by atoms with Gasteiger partial charge in [-0.1, -0.05) is 32.0 Å². The lowest BCUT2D eigenvalue weighted by molar-refractivity contribution is -0.0575. The average Bonchev–Trinajstić information content (AvgIpc) is 2.92. The van der Waals surface area contributed by atoms with Crippen LogP contribution in [0.4, 0.5) is 9.18 Å². The number of carbonyl (C=O) groups is 1. The minimum absolute atomic E-state index is 0.0406. The van der Waals surface area contributed by atoms with Crippen LogP contribution in [0, 0.1) is 24.6 Å². The van der Waals surface area contributed by atoms with Crippen LogP contribution in [-0.2, 0) is 10.3 Å². The molecule has 0 spiro atoms. The molecule has 0 saturated carbocycles. The Morgan fingerprint density at radius 1 is 1.20 bits per heavy atom. The van der Waals surface area contributed by atoms with Crippen molar-refractivity contribution in [2.75, 3.05) is 40.4 Å². The number of methoxy groups -OCH3 is 1. The maximum Gasteiger partial charge on any atom is 0.317 e. The zero-order chi connectivity index (χ0) is 29.1. The van der Waals surface area contributed by atoms with Crippen molar-refractivity contribution >= 4 is 6.03 Å². The smallest absolute Gasteiger partial charge is 0.317 e. The summed E-state index contributed by atoms with van der Waals surface area (Å²) in [6.07, 6.45) is 4.57. The highest BCUT2D eigenvalue weighted by atomic mass is 19.1. The Morgan fingerprint density at radius 2 is 1.98 bits per heavy atom. The molecule has 2 amide bonds. The van der Waals surface area contributed by atoms with Gasteiger partial charge in [-0.3, -0.25) is 0 Å². The molecule has 2 aromatic carbocycles. The number of hydrogen-bond donors (Lipinski definition) is 3. The number of likely N-dealkylation sites (tertiary alicyclic amines) is 1. The number of rotatable bonds is 14. The standard InChI is InChI=1S/C32H48FN3O4/c1-23(2)19-27(21-34-4)35-31(37)36-17-10-11-25(22-36)32(38,16-8-9-18-39-5)28-12-6-7-13-30(28)40-29-15-14-26(33)20-24(29)3/h6-7,12-15,20,23,25,27,34,38H,8-11,16-19,21-22H2,1-5H3,(H,35,37).